The summed E-state index contributed by atoms with van der Waals surface area (Å²) in [6.07, 6.45) is 0.433. The fourth-order valence-electron chi connectivity index (χ4n) is 2.00. The van der Waals surface area contributed by atoms with Crippen LogP contribution in [0.25, 0.3) is 0 Å². The number of carbonyl (C=O) groups is 1. The molecule has 0 aliphatic carbocycles. The third-order valence-electron chi connectivity index (χ3n) is 3.13. The molecule has 0 N–H and O–H groups in total. The molecule has 20 heavy (non-hydrogen) atoms. The Bertz CT molecular complexity index is 612. The maximum absolute atomic E-state index is 12.3. The van der Waals surface area contributed by atoms with Gasteiger partial charge in [-0.1, -0.05) is 30.3 Å². The number of carbonyl (C=O) groups excluding carboxylic acids is 1. The highest BCUT2D eigenvalue weighted by Crippen LogP contribution is 2.17. The zero-order valence-electron chi connectivity index (χ0n) is 11.2. The standard InChI is InChI=1S/C17H15NO2/c1-20-16-9-7-14(8-10-16)17(19)15(12-18)11-13-5-3-2-4-6-13/h2-10,15H,11H2,1H3. The fourth-order valence-corrected chi connectivity index (χ4v) is 2.00. The second-order valence-corrected chi connectivity index (χ2v) is 4.46. The van der Waals surface area contributed by atoms with Crippen LogP contribution in [0.2, 0.25) is 0 Å². The minimum Gasteiger partial charge on any atom is -0.497 e. The number of hydrogen-bond donors (Lipinski definition) is 0. The minimum absolute atomic E-state index is 0.154. The van der Waals surface area contributed by atoms with E-state index in [2.05, 4.69) is 6.07 Å². The number of hydrogen-bond acceptors (Lipinski definition) is 3. The van der Waals surface area contributed by atoms with Gasteiger partial charge in [-0.25, -0.2) is 0 Å². The van der Waals surface area contributed by atoms with E-state index < -0.39 is 5.92 Å². The Labute approximate surface area is 118 Å². The van der Waals surface area contributed by atoms with Crippen molar-refractivity contribution in [2.75, 3.05) is 7.11 Å². The summed E-state index contributed by atoms with van der Waals surface area (Å²) in [7, 11) is 1.57. The van der Waals surface area contributed by atoms with Gasteiger partial charge in [-0.2, -0.15) is 5.26 Å². The third-order valence-corrected chi connectivity index (χ3v) is 3.13. The molecule has 100 valence electrons. The van der Waals surface area contributed by atoms with Crippen LogP contribution in [-0.2, 0) is 6.42 Å². The maximum Gasteiger partial charge on any atom is 0.180 e. The van der Waals surface area contributed by atoms with Crippen LogP contribution in [0.15, 0.2) is 54.6 Å². The first-order chi connectivity index (χ1) is 9.74. The first kappa shape index (κ1) is 13.8. The van der Waals surface area contributed by atoms with Gasteiger partial charge < -0.3 is 4.74 Å². The van der Waals surface area contributed by atoms with Crippen LogP contribution in [0.5, 0.6) is 5.75 Å². The Hall–Kier alpha value is -2.60. The van der Waals surface area contributed by atoms with E-state index in [-0.39, 0.29) is 5.78 Å². The molecule has 3 heteroatoms. The molecule has 0 fully saturated rings. The van der Waals surface area contributed by atoms with Crippen molar-refractivity contribution in [1.29, 1.82) is 5.26 Å². The Kier molecular flexibility index (Phi) is 4.52. The first-order valence-corrected chi connectivity index (χ1v) is 6.36. The van der Waals surface area contributed by atoms with Crippen molar-refractivity contribution in [3.63, 3.8) is 0 Å². The molecule has 0 aliphatic rings. The molecule has 1 unspecified atom stereocenters. The Morgan fingerprint density at radius 2 is 1.80 bits per heavy atom. The predicted octanol–water partition coefficient (Wildman–Crippen LogP) is 3.26. The second kappa shape index (κ2) is 6.53. The first-order valence-electron chi connectivity index (χ1n) is 6.36. The van der Waals surface area contributed by atoms with Crippen molar-refractivity contribution in [2.45, 2.75) is 6.42 Å². The second-order valence-electron chi connectivity index (χ2n) is 4.46. The number of nitriles is 1. The highest BCUT2D eigenvalue weighted by atomic mass is 16.5. The number of benzene rings is 2. The van der Waals surface area contributed by atoms with Crippen LogP contribution >= 0.6 is 0 Å². The lowest BCUT2D eigenvalue weighted by atomic mass is 9.92. The summed E-state index contributed by atoms with van der Waals surface area (Å²) in [5.74, 6) is -0.122. The molecule has 0 bridgehead atoms. The van der Waals surface area contributed by atoms with Gasteiger partial charge in [-0.15, -0.1) is 0 Å². The van der Waals surface area contributed by atoms with Crippen LogP contribution in [0.1, 0.15) is 15.9 Å². The highest BCUT2D eigenvalue weighted by molar-refractivity contribution is 5.99. The lowest BCUT2D eigenvalue weighted by Crippen LogP contribution is -2.15. The zero-order chi connectivity index (χ0) is 14.4. The number of ketones is 1. The van der Waals surface area contributed by atoms with E-state index in [9.17, 15) is 10.1 Å². The summed E-state index contributed by atoms with van der Waals surface area (Å²) < 4.78 is 5.06. The summed E-state index contributed by atoms with van der Waals surface area (Å²) >= 11 is 0. The van der Waals surface area contributed by atoms with Crippen molar-refractivity contribution in [3.8, 4) is 11.8 Å². The molecule has 2 aromatic rings. The van der Waals surface area contributed by atoms with E-state index >= 15 is 0 Å². The van der Waals surface area contributed by atoms with Gasteiger partial charge in [0.1, 0.15) is 11.7 Å². The molecule has 0 spiro atoms. The van der Waals surface area contributed by atoms with Gasteiger partial charge in [0.05, 0.1) is 13.2 Å². The van der Waals surface area contributed by atoms with Crippen molar-refractivity contribution in [1.82, 2.24) is 0 Å². The molecule has 3 nitrogen and oxygen atoms in total. The monoisotopic (exact) mass is 265 g/mol. The molecule has 0 aromatic heterocycles. The third kappa shape index (κ3) is 3.24. The molecule has 2 aromatic carbocycles. The SMILES string of the molecule is COc1ccc(C(=O)C(C#N)Cc2ccccc2)cc1. The van der Waals surface area contributed by atoms with Crippen LogP contribution in [0, 0.1) is 17.2 Å². The van der Waals surface area contributed by atoms with E-state index in [0.29, 0.717) is 17.7 Å². The molecule has 0 amide bonds. The molecule has 1 atom stereocenters. The van der Waals surface area contributed by atoms with Crippen LogP contribution < -0.4 is 4.74 Å². The quantitative estimate of drug-likeness (QED) is 0.780. The molecule has 0 saturated carbocycles. The van der Waals surface area contributed by atoms with Crippen molar-refractivity contribution in [3.05, 3.63) is 65.7 Å². The van der Waals surface area contributed by atoms with Gasteiger partial charge in [0.2, 0.25) is 0 Å². The Balaban J connectivity index is 2.14. The molecular formula is C17H15NO2. The van der Waals surface area contributed by atoms with Crippen molar-refractivity contribution >= 4 is 5.78 Å². The van der Waals surface area contributed by atoms with E-state index in [0.717, 1.165) is 5.56 Å². The van der Waals surface area contributed by atoms with Gasteiger partial charge in [-0.3, -0.25) is 4.79 Å². The molecule has 0 saturated heterocycles. The van der Waals surface area contributed by atoms with Gasteiger partial charge in [-0.05, 0) is 36.2 Å². The van der Waals surface area contributed by atoms with E-state index in [4.69, 9.17) is 4.74 Å². The largest absolute Gasteiger partial charge is 0.497 e. The van der Waals surface area contributed by atoms with E-state index in [1.807, 2.05) is 30.3 Å². The average molecular weight is 265 g/mol. The number of methoxy groups -OCH3 is 1. The average Bonchev–Trinajstić information content (AvgIpc) is 2.53. The fraction of sp³-hybridized carbons (Fsp3) is 0.176. The topological polar surface area (TPSA) is 50.1 Å². The Morgan fingerprint density at radius 3 is 2.35 bits per heavy atom. The normalized spacial score (nSPS) is 11.4. The summed E-state index contributed by atoms with van der Waals surface area (Å²) in [6, 6.07) is 18.5. The lowest BCUT2D eigenvalue weighted by Gasteiger charge is -2.09. The van der Waals surface area contributed by atoms with Crippen molar-refractivity contribution in [2.24, 2.45) is 5.92 Å². The van der Waals surface area contributed by atoms with Crippen LogP contribution in [0.3, 0.4) is 0 Å². The Morgan fingerprint density at radius 1 is 1.15 bits per heavy atom. The minimum atomic E-state index is -0.661. The van der Waals surface area contributed by atoms with Gasteiger partial charge in [0, 0.05) is 5.56 Å². The van der Waals surface area contributed by atoms with Gasteiger partial charge >= 0.3 is 0 Å². The van der Waals surface area contributed by atoms with Crippen LogP contribution in [0.4, 0.5) is 0 Å². The zero-order valence-corrected chi connectivity index (χ0v) is 11.2. The smallest absolute Gasteiger partial charge is 0.180 e. The molecule has 0 aliphatic heterocycles. The molecule has 0 heterocycles. The van der Waals surface area contributed by atoms with Gasteiger partial charge in [0.25, 0.3) is 0 Å². The summed E-state index contributed by atoms with van der Waals surface area (Å²) in [5.41, 5.74) is 1.52. The maximum atomic E-state index is 12.3. The lowest BCUT2D eigenvalue weighted by molar-refractivity contribution is 0.0948. The highest BCUT2D eigenvalue weighted by Gasteiger charge is 2.20. The number of ether oxygens (including phenoxy) is 1. The number of rotatable bonds is 5. The van der Waals surface area contributed by atoms with Gasteiger partial charge in [0.15, 0.2) is 5.78 Å². The van der Waals surface area contributed by atoms with Crippen LogP contribution in [-0.4, -0.2) is 12.9 Å². The van der Waals surface area contributed by atoms with Crippen molar-refractivity contribution < 1.29 is 9.53 Å². The molecule has 2 rings (SSSR count). The summed E-state index contributed by atoms with van der Waals surface area (Å²) in [4.78, 5) is 12.3. The molecule has 0 radical (unpaired) electrons. The van der Waals surface area contributed by atoms with E-state index in [1.165, 1.54) is 0 Å². The molecular weight excluding hydrogens is 250 g/mol. The summed E-state index contributed by atoms with van der Waals surface area (Å²) in [5, 5.41) is 9.22. The van der Waals surface area contributed by atoms with E-state index in [1.54, 1.807) is 31.4 Å². The number of Topliss-reactive ketones (excluding diaryl/α,β-unsaturated/α-hetero) is 1. The number of nitrogens with zero attached hydrogens (tertiary/aromatic N) is 1. The summed E-state index contributed by atoms with van der Waals surface area (Å²) in [6.45, 7) is 0. The predicted molar refractivity (Wildman–Crippen MR) is 76.6 cm³/mol.